The van der Waals surface area contributed by atoms with Crippen molar-refractivity contribution in [3.63, 3.8) is 0 Å². The van der Waals surface area contributed by atoms with Gasteiger partial charge in [-0.05, 0) is 57.0 Å². The highest BCUT2D eigenvalue weighted by atomic mass is 16.5. The Balaban J connectivity index is 1.54. The van der Waals surface area contributed by atoms with E-state index in [1.165, 1.54) is 19.3 Å². The van der Waals surface area contributed by atoms with E-state index in [4.69, 9.17) is 4.74 Å². The minimum absolute atomic E-state index is 0.0279. The van der Waals surface area contributed by atoms with Crippen molar-refractivity contribution in [1.82, 2.24) is 5.32 Å². The molecule has 0 aromatic rings. The van der Waals surface area contributed by atoms with Gasteiger partial charge in [0, 0.05) is 13.2 Å². The summed E-state index contributed by atoms with van der Waals surface area (Å²) in [6.07, 6.45) is 5.59. The Morgan fingerprint density at radius 2 is 1.73 bits per heavy atom. The molecule has 0 amide bonds. The quantitative estimate of drug-likeness (QED) is 0.736. The second-order valence-corrected chi connectivity index (χ2v) is 5.05. The number of hydrogen-bond donors (Lipinski definition) is 2. The van der Waals surface area contributed by atoms with Crippen LogP contribution in [-0.2, 0) is 4.74 Å². The first-order valence-corrected chi connectivity index (χ1v) is 6.31. The van der Waals surface area contributed by atoms with Crippen molar-refractivity contribution in [2.75, 3.05) is 26.3 Å². The van der Waals surface area contributed by atoms with Crippen molar-refractivity contribution in [3.05, 3.63) is 0 Å². The van der Waals surface area contributed by atoms with E-state index < -0.39 is 0 Å². The lowest BCUT2D eigenvalue weighted by Crippen LogP contribution is -2.30. The fourth-order valence-electron chi connectivity index (χ4n) is 2.68. The van der Waals surface area contributed by atoms with Gasteiger partial charge in [-0.15, -0.1) is 0 Å². The zero-order chi connectivity index (χ0) is 10.5. The lowest BCUT2D eigenvalue weighted by molar-refractivity contribution is 0.0660. The van der Waals surface area contributed by atoms with Crippen LogP contribution in [0.5, 0.6) is 0 Å². The average Bonchev–Trinajstić information content (AvgIpc) is 2.66. The highest BCUT2D eigenvalue weighted by molar-refractivity contribution is 4.77. The molecule has 0 aromatic heterocycles. The van der Waals surface area contributed by atoms with Crippen LogP contribution in [0.3, 0.4) is 0 Å². The van der Waals surface area contributed by atoms with Crippen molar-refractivity contribution < 1.29 is 9.84 Å². The molecule has 1 saturated carbocycles. The fraction of sp³-hybridized carbons (Fsp3) is 1.00. The van der Waals surface area contributed by atoms with Crippen LogP contribution in [0.4, 0.5) is 0 Å². The van der Waals surface area contributed by atoms with Gasteiger partial charge in [-0.2, -0.15) is 0 Å². The molecule has 2 unspecified atom stereocenters. The molecule has 0 spiro atoms. The Morgan fingerprint density at radius 3 is 2.40 bits per heavy atom. The molecule has 2 N–H and O–H groups in total. The molecule has 3 heteroatoms. The molecule has 1 saturated heterocycles. The molecule has 2 fully saturated rings. The molecule has 0 aromatic carbocycles. The van der Waals surface area contributed by atoms with Gasteiger partial charge in [0.2, 0.25) is 0 Å². The van der Waals surface area contributed by atoms with Crippen molar-refractivity contribution >= 4 is 0 Å². The van der Waals surface area contributed by atoms with Crippen LogP contribution in [0.15, 0.2) is 0 Å². The van der Waals surface area contributed by atoms with Crippen LogP contribution >= 0.6 is 0 Å². The van der Waals surface area contributed by atoms with Gasteiger partial charge in [0.05, 0.1) is 6.10 Å². The Hall–Kier alpha value is -0.120. The lowest BCUT2D eigenvalue weighted by atomic mass is 10.00. The number of rotatable bonds is 4. The highest BCUT2D eigenvalue weighted by Gasteiger charge is 2.22. The number of aliphatic hydroxyl groups excluding tert-OH is 1. The number of ether oxygens (including phenoxy) is 1. The molecular formula is C12H23NO2. The molecule has 15 heavy (non-hydrogen) atoms. The van der Waals surface area contributed by atoms with Crippen LogP contribution in [0.1, 0.15) is 32.1 Å². The molecule has 0 bridgehead atoms. The van der Waals surface area contributed by atoms with Gasteiger partial charge < -0.3 is 15.2 Å². The van der Waals surface area contributed by atoms with Gasteiger partial charge in [-0.1, -0.05) is 0 Å². The lowest BCUT2D eigenvalue weighted by Gasteiger charge is -2.23. The topological polar surface area (TPSA) is 41.5 Å². The molecule has 0 radical (unpaired) electrons. The van der Waals surface area contributed by atoms with Gasteiger partial charge in [0.25, 0.3) is 0 Å². The van der Waals surface area contributed by atoms with Crippen molar-refractivity contribution in [2.24, 2.45) is 11.8 Å². The van der Waals surface area contributed by atoms with Crippen LogP contribution in [0.25, 0.3) is 0 Å². The van der Waals surface area contributed by atoms with Gasteiger partial charge in [-0.25, -0.2) is 0 Å². The zero-order valence-corrected chi connectivity index (χ0v) is 9.45. The maximum atomic E-state index is 9.40. The van der Waals surface area contributed by atoms with Crippen molar-refractivity contribution in [2.45, 2.75) is 38.2 Å². The Labute approximate surface area is 92.2 Å². The van der Waals surface area contributed by atoms with Crippen LogP contribution in [0, 0.1) is 11.8 Å². The summed E-state index contributed by atoms with van der Waals surface area (Å²) in [7, 11) is 0. The second kappa shape index (κ2) is 5.83. The standard InChI is InChI=1S/C12H23NO2/c14-12-2-1-11(7-12)9-13-8-10-3-5-15-6-4-10/h10-14H,1-9H2. The van der Waals surface area contributed by atoms with Gasteiger partial charge >= 0.3 is 0 Å². The average molecular weight is 213 g/mol. The fourth-order valence-corrected chi connectivity index (χ4v) is 2.68. The first kappa shape index (κ1) is 11.4. The van der Waals surface area contributed by atoms with E-state index in [0.29, 0.717) is 5.92 Å². The van der Waals surface area contributed by atoms with Gasteiger partial charge in [-0.3, -0.25) is 0 Å². The number of aliphatic hydroxyl groups is 1. The summed E-state index contributed by atoms with van der Waals surface area (Å²) >= 11 is 0. The maximum absolute atomic E-state index is 9.40. The van der Waals surface area contributed by atoms with E-state index in [1.807, 2.05) is 0 Å². The largest absolute Gasteiger partial charge is 0.393 e. The summed E-state index contributed by atoms with van der Waals surface area (Å²) in [5.74, 6) is 1.52. The van der Waals surface area contributed by atoms with Crippen LogP contribution < -0.4 is 5.32 Å². The molecule has 2 atom stereocenters. The summed E-state index contributed by atoms with van der Waals surface area (Å²) in [6, 6.07) is 0. The SMILES string of the molecule is OC1CCC(CNCC2CCOCC2)C1. The number of hydrogen-bond acceptors (Lipinski definition) is 3. The molecular weight excluding hydrogens is 190 g/mol. The third kappa shape index (κ3) is 3.74. The predicted molar refractivity (Wildman–Crippen MR) is 59.8 cm³/mol. The van der Waals surface area contributed by atoms with E-state index in [-0.39, 0.29) is 6.10 Å². The zero-order valence-electron chi connectivity index (χ0n) is 9.45. The summed E-state index contributed by atoms with van der Waals surface area (Å²) < 4.78 is 5.33. The van der Waals surface area contributed by atoms with E-state index in [2.05, 4.69) is 5.32 Å². The van der Waals surface area contributed by atoms with Crippen molar-refractivity contribution in [1.29, 1.82) is 0 Å². The summed E-state index contributed by atoms with van der Waals surface area (Å²) in [6.45, 7) is 4.10. The Bertz CT molecular complexity index is 176. The van der Waals surface area contributed by atoms with E-state index >= 15 is 0 Å². The third-order valence-electron chi connectivity index (χ3n) is 3.72. The Kier molecular flexibility index (Phi) is 4.42. The minimum atomic E-state index is -0.0279. The maximum Gasteiger partial charge on any atom is 0.0543 e. The van der Waals surface area contributed by atoms with E-state index in [0.717, 1.165) is 45.1 Å². The summed E-state index contributed by atoms with van der Waals surface area (Å²) in [4.78, 5) is 0. The smallest absolute Gasteiger partial charge is 0.0543 e. The first-order chi connectivity index (χ1) is 7.34. The van der Waals surface area contributed by atoms with Gasteiger partial charge in [0.1, 0.15) is 0 Å². The molecule has 2 rings (SSSR count). The van der Waals surface area contributed by atoms with Crippen LogP contribution in [0.2, 0.25) is 0 Å². The van der Waals surface area contributed by atoms with E-state index in [1.54, 1.807) is 0 Å². The predicted octanol–water partition coefficient (Wildman–Crippen LogP) is 1.16. The molecule has 1 aliphatic heterocycles. The molecule has 1 aliphatic carbocycles. The molecule has 88 valence electrons. The summed E-state index contributed by atoms with van der Waals surface area (Å²) in [5.41, 5.74) is 0. The third-order valence-corrected chi connectivity index (χ3v) is 3.72. The Morgan fingerprint density at radius 1 is 1.00 bits per heavy atom. The molecule has 1 heterocycles. The second-order valence-electron chi connectivity index (χ2n) is 5.05. The normalized spacial score (nSPS) is 33.4. The summed E-state index contributed by atoms with van der Waals surface area (Å²) in [5, 5.41) is 13.0. The van der Waals surface area contributed by atoms with Crippen molar-refractivity contribution in [3.8, 4) is 0 Å². The minimum Gasteiger partial charge on any atom is -0.393 e. The monoisotopic (exact) mass is 213 g/mol. The number of nitrogens with one attached hydrogen (secondary N) is 1. The molecule has 2 aliphatic rings. The highest BCUT2D eigenvalue weighted by Crippen LogP contribution is 2.24. The first-order valence-electron chi connectivity index (χ1n) is 6.31. The van der Waals surface area contributed by atoms with Crippen LogP contribution in [-0.4, -0.2) is 37.5 Å². The van der Waals surface area contributed by atoms with Gasteiger partial charge in [0.15, 0.2) is 0 Å². The van der Waals surface area contributed by atoms with E-state index in [9.17, 15) is 5.11 Å². The molecule has 3 nitrogen and oxygen atoms in total.